The number of hydrogen-bond acceptors (Lipinski definition) is 7. The monoisotopic (exact) mass is 372 g/mol. The molecule has 27 heavy (non-hydrogen) atoms. The summed E-state index contributed by atoms with van der Waals surface area (Å²) in [5.74, 6) is 0.655. The number of aliphatic hydroxyl groups is 1. The van der Waals surface area contributed by atoms with Crippen molar-refractivity contribution in [2.45, 2.75) is 50.5 Å². The Morgan fingerprint density at radius 1 is 1.26 bits per heavy atom. The van der Waals surface area contributed by atoms with Gasteiger partial charge in [0.05, 0.1) is 24.6 Å². The van der Waals surface area contributed by atoms with E-state index >= 15 is 0 Å². The van der Waals surface area contributed by atoms with E-state index in [4.69, 9.17) is 4.74 Å². The molecule has 2 aromatic rings. The van der Waals surface area contributed by atoms with Crippen molar-refractivity contribution < 1.29 is 9.84 Å². The lowest BCUT2D eigenvalue weighted by Gasteiger charge is -2.38. The van der Waals surface area contributed by atoms with Gasteiger partial charge in [-0.25, -0.2) is 15.0 Å². The molecule has 8 heteroatoms. The molecule has 2 N–H and O–H groups in total. The van der Waals surface area contributed by atoms with E-state index < -0.39 is 5.60 Å². The molecule has 0 radical (unpaired) electrons. The first kappa shape index (κ1) is 18.3. The Morgan fingerprint density at radius 2 is 2.07 bits per heavy atom. The minimum Gasteiger partial charge on any atom is -0.388 e. The summed E-state index contributed by atoms with van der Waals surface area (Å²) in [5, 5.41) is 14.0. The summed E-state index contributed by atoms with van der Waals surface area (Å²) in [6.45, 7) is 4.77. The van der Waals surface area contributed by atoms with Crippen molar-refractivity contribution in [1.82, 2.24) is 24.4 Å². The Labute approximate surface area is 159 Å². The maximum Gasteiger partial charge on any atom is 0.222 e. The number of likely N-dealkylation sites (tertiary alicyclic amines) is 1. The molecule has 8 nitrogen and oxygen atoms in total. The van der Waals surface area contributed by atoms with Gasteiger partial charge >= 0.3 is 0 Å². The number of imidazole rings is 1. The van der Waals surface area contributed by atoms with Crippen LogP contribution in [0.5, 0.6) is 0 Å². The molecule has 0 aliphatic carbocycles. The fourth-order valence-electron chi connectivity index (χ4n) is 3.80. The Balaban J connectivity index is 1.22. The van der Waals surface area contributed by atoms with Crippen LogP contribution in [-0.2, 0) is 17.8 Å². The van der Waals surface area contributed by atoms with Crippen molar-refractivity contribution >= 4 is 5.95 Å². The van der Waals surface area contributed by atoms with Gasteiger partial charge in [0.2, 0.25) is 5.95 Å². The molecular weight excluding hydrogens is 344 g/mol. The number of nitrogens with one attached hydrogen (secondary N) is 1. The van der Waals surface area contributed by atoms with Gasteiger partial charge in [0.1, 0.15) is 0 Å². The molecule has 0 spiro atoms. The van der Waals surface area contributed by atoms with Crippen LogP contribution in [-0.4, -0.2) is 67.5 Å². The van der Waals surface area contributed by atoms with Crippen LogP contribution in [0.3, 0.4) is 0 Å². The highest BCUT2D eigenvalue weighted by atomic mass is 16.5. The number of hydrogen-bond donors (Lipinski definition) is 2. The average Bonchev–Trinajstić information content (AvgIpc) is 3.37. The second-order valence-electron chi connectivity index (χ2n) is 7.67. The van der Waals surface area contributed by atoms with Crippen LogP contribution in [0.1, 0.15) is 31.2 Å². The standard InChI is InChI=1S/C19H28N6O2/c26-19(14-25-8-5-20-15-25)3-6-24(7-4-19)13-16-10-21-18(22-11-16)23-12-17-2-1-9-27-17/h5,8,10-11,15,17,26H,1-4,6-7,9,12-14H2,(H,21,22,23)/t17-/m1/s1. The van der Waals surface area contributed by atoms with E-state index in [0.29, 0.717) is 12.5 Å². The SMILES string of the molecule is OC1(Cn2ccnc2)CCN(Cc2cnc(NC[C@H]3CCCO3)nc2)CC1. The summed E-state index contributed by atoms with van der Waals surface area (Å²) in [7, 11) is 0. The summed E-state index contributed by atoms with van der Waals surface area (Å²) in [6.07, 6.45) is 13.2. The molecule has 2 saturated heterocycles. The zero-order valence-corrected chi connectivity index (χ0v) is 15.6. The molecule has 4 heterocycles. The van der Waals surface area contributed by atoms with Gasteiger partial charge in [-0.05, 0) is 25.7 Å². The van der Waals surface area contributed by atoms with Crippen LogP contribution in [0.4, 0.5) is 5.95 Å². The van der Waals surface area contributed by atoms with E-state index in [0.717, 1.165) is 64.0 Å². The number of piperidine rings is 1. The predicted octanol–water partition coefficient (Wildman–Crippen LogP) is 1.29. The average molecular weight is 372 g/mol. The van der Waals surface area contributed by atoms with E-state index in [9.17, 15) is 5.11 Å². The van der Waals surface area contributed by atoms with E-state index in [-0.39, 0.29) is 6.10 Å². The van der Waals surface area contributed by atoms with Gasteiger partial charge in [-0.3, -0.25) is 4.90 Å². The molecule has 0 saturated carbocycles. The smallest absolute Gasteiger partial charge is 0.222 e. The molecule has 0 bridgehead atoms. The number of aromatic nitrogens is 4. The number of anilines is 1. The highest BCUT2D eigenvalue weighted by molar-refractivity contribution is 5.25. The lowest BCUT2D eigenvalue weighted by molar-refractivity contribution is -0.0358. The maximum atomic E-state index is 10.8. The van der Waals surface area contributed by atoms with E-state index in [1.807, 2.05) is 23.2 Å². The first-order valence-corrected chi connectivity index (χ1v) is 9.75. The van der Waals surface area contributed by atoms with Crippen molar-refractivity contribution in [2.24, 2.45) is 0 Å². The van der Waals surface area contributed by atoms with E-state index in [1.165, 1.54) is 0 Å². The largest absolute Gasteiger partial charge is 0.388 e. The topological polar surface area (TPSA) is 88.3 Å². The third-order valence-electron chi connectivity index (χ3n) is 5.45. The summed E-state index contributed by atoms with van der Waals surface area (Å²) >= 11 is 0. The molecule has 2 aliphatic rings. The van der Waals surface area contributed by atoms with Crippen LogP contribution in [0.2, 0.25) is 0 Å². The predicted molar refractivity (Wildman–Crippen MR) is 101 cm³/mol. The van der Waals surface area contributed by atoms with Gasteiger partial charge in [0.25, 0.3) is 0 Å². The molecule has 1 atom stereocenters. The highest BCUT2D eigenvalue weighted by Crippen LogP contribution is 2.25. The molecule has 2 aromatic heterocycles. The molecule has 2 aliphatic heterocycles. The van der Waals surface area contributed by atoms with Crippen molar-refractivity contribution in [1.29, 1.82) is 0 Å². The van der Waals surface area contributed by atoms with Gasteiger partial charge in [-0.1, -0.05) is 0 Å². The lowest BCUT2D eigenvalue weighted by Crippen LogP contribution is -2.46. The zero-order valence-electron chi connectivity index (χ0n) is 15.6. The maximum absolute atomic E-state index is 10.8. The number of ether oxygens (including phenoxy) is 1. The Bertz CT molecular complexity index is 691. The highest BCUT2D eigenvalue weighted by Gasteiger charge is 2.32. The summed E-state index contributed by atoms with van der Waals surface area (Å²) in [4.78, 5) is 15.2. The first-order chi connectivity index (χ1) is 13.2. The first-order valence-electron chi connectivity index (χ1n) is 9.75. The van der Waals surface area contributed by atoms with Crippen molar-refractivity contribution in [3.63, 3.8) is 0 Å². The lowest BCUT2D eigenvalue weighted by atomic mass is 9.91. The fraction of sp³-hybridized carbons (Fsp3) is 0.632. The summed E-state index contributed by atoms with van der Waals surface area (Å²) in [5.41, 5.74) is 0.446. The van der Waals surface area contributed by atoms with Gasteiger partial charge in [0, 0.05) is 63.1 Å². The molecule has 146 valence electrons. The number of nitrogens with zero attached hydrogens (tertiary/aromatic N) is 5. The molecule has 0 unspecified atom stereocenters. The summed E-state index contributed by atoms with van der Waals surface area (Å²) in [6, 6.07) is 0. The fourth-order valence-corrected chi connectivity index (χ4v) is 3.80. The minimum atomic E-state index is -0.649. The number of rotatable bonds is 7. The van der Waals surface area contributed by atoms with Gasteiger partial charge < -0.3 is 19.7 Å². The Kier molecular flexibility index (Phi) is 5.66. The van der Waals surface area contributed by atoms with Gasteiger partial charge in [-0.15, -0.1) is 0 Å². The molecule has 2 fully saturated rings. The summed E-state index contributed by atoms with van der Waals surface area (Å²) < 4.78 is 7.55. The van der Waals surface area contributed by atoms with Crippen molar-refractivity contribution in [2.75, 3.05) is 31.6 Å². The normalized spacial score (nSPS) is 22.8. The molecule has 0 aromatic carbocycles. The molecule has 4 rings (SSSR count). The Morgan fingerprint density at radius 3 is 2.74 bits per heavy atom. The molecular formula is C19H28N6O2. The zero-order chi connectivity index (χ0) is 18.5. The van der Waals surface area contributed by atoms with Gasteiger partial charge in [0.15, 0.2) is 0 Å². The van der Waals surface area contributed by atoms with E-state index in [2.05, 4.69) is 25.2 Å². The molecule has 0 amide bonds. The van der Waals surface area contributed by atoms with Crippen LogP contribution in [0, 0.1) is 0 Å². The van der Waals surface area contributed by atoms with Crippen LogP contribution in [0.25, 0.3) is 0 Å². The van der Waals surface area contributed by atoms with Crippen molar-refractivity contribution in [3.8, 4) is 0 Å². The van der Waals surface area contributed by atoms with Crippen LogP contribution in [0.15, 0.2) is 31.1 Å². The Hall–Kier alpha value is -2.03. The van der Waals surface area contributed by atoms with Crippen LogP contribution < -0.4 is 5.32 Å². The van der Waals surface area contributed by atoms with Gasteiger partial charge in [-0.2, -0.15) is 0 Å². The second kappa shape index (κ2) is 8.33. The third kappa shape index (κ3) is 5.03. The quantitative estimate of drug-likeness (QED) is 0.757. The van der Waals surface area contributed by atoms with E-state index in [1.54, 1.807) is 12.5 Å². The third-order valence-corrected chi connectivity index (χ3v) is 5.45. The van der Waals surface area contributed by atoms with Crippen molar-refractivity contribution in [3.05, 3.63) is 36.7 Å². The second-order valence-corrected chi connectivity index (χ2v) is 7.67. The minimum absolute atomic E-state index is 0.280. The van der Waals surface area contributed by atoms with Crippen LogP contribution >= 0.6 is 0 Å².